The van der Waals surface area contributed by atoms with Gasteiger partial charge >= 0.3 is 5.97 Å². The summed E-state index contributed by atoms with van der Waals surface area (Å²) in [4.78, 5) is 22.6. The minimum absolute atomic E-state index is 0.302. The number of hydrogen-bond donors (Lipinski definition) is 2. The first-order valence-corrected chi connectivity index (χ1v) is 6.06. The highest BCUT2D eigenvalue weighted by Crippen LogP contribution is 2.20. The lowest BCUT2D eigenvalue weighted by Gasteiger charge is -2.11. The van der Waals surface area contributed by atoms with E-state index in [1.807, 2.05) is 0 Å². The zero-order valence-electron chi connectivity index (χ0n) is 10.8. The van der Waals surface area contributed by atoms with Crippen molar-refractivity contribution in [3.05, 3.63) is 17.0 Å². The Morgan fingerprint density at radius 3 is 2.58 bits per heavy atom. The van der Waals surface area contributed by atoms with Crippen molar-refractivity contribution in [3.8, 4) is 0 Å². The number of carboxylic acids is 1. The average molecular weight is 268 g/mol. The second-order valence-electron chi connectivity index (χ2n) is 4.55. The van der Waals surface area contributed by atoms with Gasteiger partial charge in [0.1, 0.15) is 11.9 Å². The second kappa shape index (κ2) is 5.40. The van der Waals surface area contributed by atoms with E-state index in [4.69, 9.17) is 14.4 Å². The summed E-state index contributed by atoms with van der Waals surface area (Å²) in [5.74, 6) is -0.668. The van der Waals surface area contributed by atoms with E-state index in [2.05, 4.69) is 10.5 Å². The molecule has 0 radical (unpaired) electrons. The smallest absolute Gasteiger partial charge is 0.332 e. The van der Waals surface area contributed by atoms with Crippen LogP contribution in [0.1, 0.15) is 29.9 Å². The summed E-state index contributed by atoms with van der Waals surface area (Å²) in [6, 6.07) is 0. The highest BCUT2D eigenvalue weighted by Gasteiger charge is 2.34. The summed E-state index contributed by atoms with van der Waals surface area (Å²) in [6.07, 6.45) is -0.792. The molecule has 2 atom stereocenters. The summed E-state index contributed by atoms with van der Waals surface area (Å²) in [6.45, 7) is 3.87. The van der Waals surface area contributed by atoms with E-state index in [9.17, 15) is 9.59 Å². The number of aliphatic carboxylic acids is 1. The first-order valence-electron chi connectivity index (χ1n) is 6.06. The van der Waals surface area contributed by atoms with Gasteiger partial charge in [-0.15, -0.1) is 0 Å². The van der Waals surface area contributed by atoms with Crippen molar-refractivity contribution in [2.45, 2.75) is 45.4 Å². The first kappa shape index (κ1) is 13.5. The van der Waals surface area contributed by atoms with E-state index in [-0.39, 0.29) is 5.91 Å². The van der Waals surface area contributed by atoms with Crippen molar-refractivity contribution >= 4 is 11.9 Å². The standard InChI is InChI=1S/C12H16N2O5/c1-6-8(7(2)19-14-6)5-13-11(15)9-3-4-10(18-9)12(16)17/h9-10H,3-5H2,1-2H3,(H,13,15)(H,16,17). The predicted molar refractivity (Wildman–Crippen MR) is 63.4 cm³/mol. The average Bonchev–Trinajstić information content (AvgIpc) is 2.95. The first-order chi connectivity index (χ1) is 8.99. The number of amides is 1. The molecule has 2 heterocycles. The Hall–Kier alpha value is -1.89. The van der Waals surface area contributed by atoms with Gasteiger partial charge in [0.2, 0.25) is 5.91 Å². The molecule has 1 aromatic rings. The highest BCUT2D eigenvalue weighted by molar-refractivity contribution is 5.82. The summed E-state index contributed by atoms with van der Waals surface area (Å²) in [5, 5.41) is 15.3. The van der Waals surface area contributed by atoms with Crippen molar-refractivity contribution in [2.75, 3.05) is 0 Å². The third-order valence-electron chi connectivity index (χ3n) is 3.21. The van der Waals surface area contributed by atoms with Crippen molar-refractivity contribution in [2.24, 2.45) is 0 Å². The quantitative estimate of drug-likeness (QED) is 0.826. The lowest BCUT2D eigenvalue weighted by atomic mass is 10.1. The fourth-order valence-electron chi connectivity index (χ4n) is 2.06. The van der Waals surface area contributed by atoms with E-state index in [1.165, 1.54) is 0 Å². The molecule has 1 aromatic heterocycles. The number of aryl methyl sites for hydroxylation is 2. The van der Waals surface area contributed by atoms with Gasteiger partial charge in [0.25, 0.3) is 0 Å². The van der Waals surface area contributed by atoms with E-state index < -0.39 is 18.2 Å². The molecule has 104 valence electrons. The molecule has 0 spiro atoms. The molecule has 0 bridgehead atoms. The molecule has 1 fully saturated rings. The molecule has 2 unspecified atom stereocenters. The van der Waals surface area contributed by atoms with Crippen LogP contribution < -0.4 is 5.32 Å². The van der Waals surface area contributed by atoms with Crippen molar-refractivity contribution in [1.29, 1.82) is 0 Å². The number of carbonyl (C=O) groups excluding carboxylic acids is 1. The molecule has 0 saturated carbocycles. The molecule has 2 N–H and O–H groups in total. The van der Waals surface area contributed by atoms with Crippen LogP contribution in [0.5, 0.6) is 0 Å². The van der Waals surface area contributed by atoms with Crippen LogP contribution in [0.2, 0.25) is 0 Å². The summed E-state index contributed by atoms with van der Waals surface area (Å²) in [7, 11) is 0. The van der Waals surface area contributed by atoms with Crippen LogP contribution >= 0.6 is 0 Å². The molecule has 1 aliphatic rings. The van der Waals surface area contributed by atoms with Gasteiger partial charge in [-0.25, -0.2) is 4.79 Å². The van der Waals surface area contributed by atoms with Crippen LogP contribution in [-0.2, 0) is 20.9 Å². The number of ether oxygens (including phenoxy) is 1. The summed E-state index contributed by atoms with van der Waals surface area (Å²) in [5.41, 5.74) is 1.56. The third kappa shape index (κ3) is 2.93. The van der Waals surface area contributed by atoms with Gasteiger partial charge in [0.15, 0.2) is 6.10 Å². The maximum atomic E-state index is 11.9. The van der Waals surface area contributed by atoms with Gasteiger partial charge in [0, 0.05) is 12.1 Å². The fourth-order valence-corrected chi connectivity index (χ4v) is 2.06. The summed E-state index contributed by atoms with van der Waals surface area (Å²) < 4.78 is 10.2. The molecule has 1 aliphatic heterocycles. The Kier molecular flexibility index (Phi) is 3.84. The number of nitrogens with one attached hydrogen (secondary N) is 1. The third-order valence-corrected chi connectivity index (χ3v) is 3.21. The number of rotatable bonds is 4. The van der Waals surface area contributed by atoms with Crippen LogP contribution in [0.4, 0.5) is 0 Å². The Balaban J connectivity index is 1.87. The molecule has 19 heavy (non-hydrogen) atoms. The van der Waals surface area contributed by atoms with Crippen LogP contribution in [0.3, 0.4) is 0 Å². The lowest BCUT2D eigenvalue weighted by molar-refractivity contribution is -0.151. The maximum absolute atomic E-state index is 11.9. The molecule has 1 saturated heterocycles. The Bertz CT molecular complexity index is 477. The normalized spacial score (nSPS) is 22.4. The Labute approximate surface area is 109 Å². The summed E-state index contributed by atoms with van der Waals surface area (Å²) >= 11 is 0. The predicted octanol–water partition coefficient (Wildman–Crippen LogP) is 0.540. The molecule has 2 rings (SSSR count). The minimum atomic E-state index is -1.03. The van der Waals surface area contributed by atoms with Crippen molar-refractivity contribution < 1.29 is 24.0 Å². The second-order valence-corrected chi connectivity index (χ2v) is 4.55. The largest absolute Gasteiger partial charge is 0.479 e. The van der Waals surface area contributed by atoms with Gasteiger partial charge in [-0.2, -0.15) is 0 Å². The zero-order chi connectivity index (χ0) is 14.0. The number of nitrogens with zero attached hydrogens (tertiary/aromatic N) is 1. The highest BCUT2D eigenvalue weighted by atomic mass is 16.5. The van der Waals surface area contributed by atoms with Gasteiger partial charge < -0.3 is 19.7 Å². The molecule has 7 nitrogen and oxygen atoms in total. The number of hydrogen-bond acceptors (Lipinski definition) is 5. The Morgan fingerprint density at radius 2 is 2.05 bits per heavy atom. The molecule has 0 aromatic carbocycles. The van der Waals surface area contributed by atoms with Crippen LogP contribution in [0, 0.1) is 13.8 Å². The SMILES string of the molecule is Cc1noc(C)c1CNC(=O)C1CCC(C(=O)O)O1. The minimum Gasteiger partial charge on any atom is -0.479 e. The van der Waals surface area contributed by atoms with Gasteiger partial charge in [-0.3, -0.25) is 4.79 Å². The lowest BCUT2D eigenvalue weighted by Crippen LogP contribution is -2.35. The molecule has 1 amide bonds. The van der Waals surface area contributed by atoms with Crippen LogP contribution in [0.25, 0.3) is 0 Å². The van der Waals surface area contributed by atoms with E-state index in [0.717, 1.165) is 11.3 Å². The number of carboxylic acid groups (broad SMARTS) is 1. The van der Waals surface area contributed by atoms with E-state index >= 15 is 0 Å². The zero-order valence-corrected chi connectivity index (χ0v) is 10.8. The van der Waals surface area contributed by atoms with Crippen molar-refractivity contribution in [1.82, 2.24) is 10.5 Å². The van der Waals surface area contributed by atoms with Crippen LogP contribution in [-0.4, -0.2) is 34.3 Å². The molecule has 0 aliphatic carbocycles. The monoisotopic (exact) mass is 268 g/mol. The fraction of sp³-hybridized carbons (Fsp3) is 0.583. The topological polar surface area (TPSA) is 102 Å². The molecular weight excluding hydrogens is 252 g/mol. The van der Waals surface area contributed by atoms with Gasteiger partial charge in [-0.1, -0.05) is 5.16 Å². The maximum Gasteiger partial charge on any atom is 0.332 e. The van der Waals surface area contributed by atoms with Gasteiger partial charge in [0.05, 0.1) is 5.69 Å². The van der Waals surface area contributed by atoms with Gasteiger partial charge in [-0.05, 0) is 26.7 Å². The number of carbonyl (C=O) groups is 2. The molecular formula is C12H16N2O5. The van der Waals surface area contributed by atoms with E-state index in [0.29, 0.717) is 25.1 Å². The van der Waals surface area contributed by atoms with Crippen molar-refractivity contribution in [3.63, 3.8) is 0 Å². The number of aromatic nitrogens is 1. The Morgan fingerprint density at radius 1 is 1.37 bits per heavy atom. The molecule has 7 heteroatoms. The van der Waals surface area contributed by atoms with Crippen LogP contribution in [0.15, 0.2) is 4.52 Å². The van der Waals surface area contributed by atoms with E-state index in [1.54, 1.807) is 13.8 Å².